The van der Waals surface area contributed by atoms with Gasteiger partial charge in [0.25, 0.3) is 0 Å². The quantitative estimate of drug-likeness (QED) is 0.646. The van der Waals surface area contributed by atoms with Crippen molar-refractivity contribution in [1.82, 2.24) is 4.98 Å². The maximum Gasteiger partial charge on any atom is 0.161 e. The summed E-state index contributed by atoms with van der Waals surface area (Å²) in [6.45, 7) is 0. The number of nitrogens with one attached hydrogen (secondary N) is 1. The molecule has 112 valence electrons. The molecule has 22 heavy (non-hydrogen) atoms. The van der Waals surface area contributed by atoms with E-state index >= 15 is 0 Å². The first-order chi connectivity index (χ1) is 10.6. The van der Waals surface area contributed by atoms with E-state index in [4.69, 9.17) is 10.5 Å². The Balaban J connectivity index is 2.10. The number of halogens is 1. The van der Waals surface area contributed by atoms with E-state index in [0.717, 1.165) is 0 Å². The number of nitrogens with zero attached hydrogens (tertiary/aromatic N) is 1. The Labute approximate surface area is 126 Å². The van der Waals surface area contributed by atoms with Gasteiger partial charge in [0, 0.05) is 29.0 Å². The van der Waals surface area contributed by atoms with Crippen LogP contribution >= 0.6 is 0 Å². The molecule has 0 aliphatic carbocycles. The summed E-state index contributed by atoms with van der Waals surface area (Å²) < 4.78 is 19.0. The van der Waals surface area contributed by atoms with Crippen molar-refractivity contribution in [3.8, 4) is 11.5 Å². The summed E-state index contributed by atoms with van der Waals surface area (Å²) in [6.07, 6.45) is 1.58. The van der Waals surface area contributed by atoms with Crippen molar-refractivity contribution in [3.05, 3.63) is 48.4 Å². The van der Waals surface area contributed by atoms with E-state index in [9.17, 15) is 9.50 Å². The highest BCUT2D eigenvalue weighted by molar-refractivity contribution is 5.95. The minimum atomic E-state index is -0.448. The number of rotatable bonds is 3. The topological polar surface area (TPSA) is 80.4 Å². The first kappa shape index (κ1) is 13.9. The van der Waals surface area contributed by atoms with Gasteiger partial charge in [0.2, 0.25) is 0 Å². The van der Waals surface area contributed by atoms with Crippen molar-refractivity contribution in [2.24, 2.45) is 0 Å². The molecule has 0 aliphatic rings. The summed E-state index contributed by atoms with van der Waals surface area (Å²) in [4.78, 5) is 4.19. The average molecular weight is 299 g/mol. The second-order valence-electron chi connectivity index (χ2n) is 4.76. The molecule has 4 N–H and O–H groups in total. The summed E-state index contributed by atoms with van der Waals surface area (Å²) >= 11 is 0. The summed E-state index contributed by atoms with van der Waals surface area (Å²) in [6, 6.07) is 9.29. The molecule has 0 atom stereocenters. The van der Waals surface area contributed by atoms with Gasteiger partial charge in [-0.2, -0.15) is 0 Å². The highest BCUT2D eigenvalue weighted by Gasteiger charge is 2.10. The van der Waals surface area contributed by atoms with Gasteiger partial charge in [-0.05, 0) is 30.3 Å². The van der Waals surface area contributed by atoms with Crippen LogP contribution in [-0.2, 0) is 0 Å². The molecule has 3 aromatic rings. The van der Waals surface area contributed by atoms with Crippen LogP contribution in [0.2, 0.25) is 0 Å². The van der Waals surface area contributed by atoms with E-state index < -0.39 is 5.82 Å². The van der Waals surface area contributed by atoms with Gasteiger partial charge in [-0.25, -0.2) is 4.39 Å². The van der Waals surface area contributed by atoms with Crippen molar-refractivity contribution >= 4 is 28.0 Å². The number of ether oxygens (including phenoxy) is 1. The standard InChI is InChI=1S/C16H14FN3O2/c1-22-16-7-10-12(4-5-19-14(10)8-15(16)21)20-13-3-2-9(18)6-11(13)17/h2-8,21H,18H2,1H3,(H,19,20). The highest BCUT2D eigenvalue weighted by Crippen LogP contribution is 2.35. The van der Waals surface area contributed by atoms with Crippen LogP contribution in [0, 0.1) is 5.82 Å². The highest BCUT2D eigenvalue weighted by atomic mass is 19.1. The van der Waals surface area contributed by atoms with Crippen molar-refractivity contribution in [1.29, 1.82) is 0 Å². The molecule has 3 rings (SSSR count). The van der Waals surface area contributed by atoms with Gasteiger partial charge in [0.05, 0.1) is 18.3 Å². The molecular weight excluding hydrogens is 285 g/mol. The zero-order valence-corrected chi connectivity index (χ0v) is 11.8. The van der Waals surface area contributed by atoms with Gasteiger partial charge in [-0.1, -0.05) is 0 Å². The van der Waals surface area contributed by atoms with E-state index in [2.05, 4.69) is 10.3 Å². The number of benzene rings is 2. The number of phenolic OH excluding ortho intramolecular Hbond substituents is 1. The number of phenols is 1. The summed E-state index contributed by atoms with van der Waals surface area (Å²) in [5.74, 6) is -0.129. The fraction of sp³-hybridized carbons (Fsp3) is 0.0625. The smallest absolute Gasteiger partial charge is 0.161 e. The molecule has 0 amide bonds. The molecule has 0 bridgehead atoms. The Bertz CT molecular complexity index is 852. The maximum atomic E-state index is 13.9. The molecule has 0 aliphatic heterocycles. The van der Waals surface area contributed by atoms with Crippen LogP contribution in [0.5, 0.6) is 11.5 Å². The molecule has 1 aromatic heterocycles. The Morgan fingerprint density at radius 1 is 1.18 bits per heavy atom. The zero-order chi connectivity index (χ0) is 15.7. The van der Waals surface area contributed by atoms with Crippen LogP contribution in [0.15, 0.2) is 42.6 Å². The van der Waals surface area contributed by atoms with Crippen LogP contribution in [-0.4, -0.2) is 17.2 Å². The van der Waals surface area contributed by atoms with Crippen LogP contribution in [0.25, 0.3) is 10.9 Å². The maximum absolute atomic E-state index is 13.9. The van der Waals surface area contributed by atoms with E-state index in [0.29, 0.717) is 33.7 Å². The van der Waals surface area contributed by atoms with Crippen molar-refractivity contribution in [3.63, 3.8) is 0 Å². The number of aromatic hydroxyl groups is 1. The lowest BCUT2D eigenvalue weighted by atomic mass is 10.1. The van der Waals surface area contributed by atoms with E-state index in [1.54, 1.807) is 30.5 Å². The number of nitrogen functional groups attached to an aromatic ring is 1. The van der Waals surface area contributed by atoms with Gasteiger partial charge in [0.1, 0.15) is 5.82 Å². The number of anilines is 3. The Morgan fingerprint density at radius 3 is 2.73 bits per heavy atom. The number of fused-ring (bicyclic) bond motifs is 1. The molecule has 2 aromatic carbocycles. The summed E-state index contributed by atoms with van der Waals surface area (Å²) in [7, 11) is 1.46. The molecule has 0 spiro atoms. The van der Waals surface area contributed by atoms with Crippen LogP contribution in [0.4, 0.5) is 21.5 Å². The second kappa shape index (κ2) is 5.40. The van der Waals surface area contributed by atoms with Gasteiger partial charge in [-0.3, -0.25) is 4.98 Å². The molecule has 1 heterocycles. The van der Waals surface area contributed by atoms with Gasteiger partial charge in [0.15, 0.2) is 11.5 Å². The monoisotopic (exact) mass is 299 g/mol. The van der Waals surface area contributed by atoms with Crippen LogP contribution in [0.3, 0.4) is 0 Å². The zero-order valence-electron chi connectivity index (χ0n) is 11.8. The van der Waals surface area contributed by atoms with Crippen molar-refractivity contribution in [2.45, 2.75) is 0 Å². The SMILES string of the molecule is COc1cc2c(Nc3ccc(N)cc3F)ccnc2cc1O. The van der Waals surface area contributed by atoms with Gasteiger partial charge in [-0.15, -0.1) is 0 Å². The van der Waals surface area contributed by atoms with Crippen LogP contribution in [0.1, 0.15) is 0 Å². The fourth-order valence-corrected chi connectivity index (χ4v) is 2.21. The number of hydrogen-bond acceptors (Lipinski definition) is 5. The van der Waals surface area contributed by atoms with Gasteiger partial charge >= 0.3 is 0 Å². The van der Waals surface area contributed by atoms with Crippen LogP contribution < -0.4 is 15.8 Å². The predicted molar refractivity (Wildman–Crippen MR) is 84.1 cm³/mol. The third-order valence-electron chi connectivity index (χ3n) is 3.30. The molecule has 0 unspecified atom stereocenters. The number of nitrogens with two attached hydrogens (primary N) is 1. The number of methoxy groups -OCH3 is 1. The van der Waals surface area contributed by atoms with Gasteiger partial charge < -0.3 is 20.9 Å². The molecule has 5 nitrogen and oxygen atoms in total. The molecule has 0 radical (unpaired) electrons. The molecule has 0 saturated carbocycles. The lowest BCUT2D eigenvalue weighted by molar-refractivity contribution is 0.374. The third-order valence-corrected chi connectivity index (χ3v) is 3.30. The molecule has 0 fully saturated rings. The molecule has 0 saturated heterocycles. The van der Waals surface area contributed by atoms with E-state index in [1.165, 1.54) is 19.2 Å². The third kappa shape index (κ3) is 2.46. The number of hydrogen-bond donors (Lipinski definition) is 3. The first-order valence-corrected chi connectivity index (χ1v) is 6.56. The second-order valence-corrected chi connectivity index (χ2v) is 4.76. The summed E-state index contributed by atoms with van der Waals surface area (Å²) in [5.41, 5.74) is 7.41. The summed E-state index contributed by atoms with van der Waals surface area (Å²) in [5, 5.41) is 13.5. The lowest BCUT2D eigenvalue weighted by Gasteiger charge is -2.12. The first-order valence-electron chi connectivity index (χ1n) is 6.56. The predicted octanol–water partition coefficient (Wildman–Crippen LogP) is 3.41. The number of aromatic nitrogens is 1. The molecule has 6 heteroatoms. The van der Waals surface area contributed by atoms with E-state index in [1.807, 2.05) is 0 Å². The Morgan fingerprint density at radius 2 is 2.00 bits per heavy atom. The Kier molecular flexibility index (Phi) is 3.42. The largest absolute Gasteiger partial charge is 0.504 e. The lowest BCUT2D eigenvalue weighted by Crippen LogP contribution is -1.97. The fourth-order valence-electron chi connectivity index (χ4n) is 2.21. The van der Waals surface area contributed by atoms with Crippen molar-refractivity contribution in [2.75, 3.05) is 18.2 Å². The van der Waals surface area contributed by atoms with Crippen molar-refractivity contribution < 1.29 is 14.2 Å². The van der Waals surface area contributed by atoms with E-state index in [-0.39, 0.29) is 5.75 Å². The number of pyridine rings is 1. The molecular formula is C16H14FN3O2. The average Bonchev–Trinajstić information content (AvgIpc) is 2.49. The minimum absolute atomic E-state index is 0.00156. The minimum Gasteiger partial charge on any atom is -0.504 e. The Hall–Kier alpha value is -3.02. The normalized spacial score (nSPS) is 10.6.